The third kappa shape index (κ3) is 3.58. The average molecular weight is 424 g/mol. The Kier molecular flexibility index (Phi) is 5.76. The Morgan fingerprint density at radius 2 is 1.81 bits per heavy atom. The fourth-order valence-electron chi connectivity index (χ4n) is 4.68. The summed E-state index contributed by atoms with van der Waals surface area (Å²) in [5, 5.41) is 0. The van der Waals surface area contributed by atoms with Crippen molar-refractivity contribution in [1.82, 2.24) is 4.90 Å². The smallest absolute Gasteiger partial charge is 0.409 e. The van der Waals surface area contributed by atoms with Gasteiger partial charge in [-0.15, -0.1) is 0 Å². The van der Waals surface area contributed by atoms with Crippen molar-refractivity contribution >= 4 is 17.7 Å². The lowest BCUT2D eigenvalue weighted by Crippen LogP contribution is -2.50. The van der Waals surface area contributed by atoms with E-state index in [2.05, 4.69) is 0 Å². The maximum absolute atomic E-state index is 13.8. The van der Waals surface area contributed by atoms with Crippen LogP contribution in [0, 0.1) is 0 Å². The molecule has 0 aliphatic carbocycles. The fourth-order valence-corrected chi connectivity index (χ4v) is 4.68. The van der Waals surface area contributed by atoms with E-state index in [0.717, 1.165) is 16.8 Å². The first-order valence-electron chi connectivity index (χ1n) is 10.6. The van der Waals surface area contributed by atoms with Crippen LogP contribution in [0.2, 0.25) is 0 Å². The van der Waals surface area contributed by atoms with Gasteiger partial charge in [0.05, 0.1) is 32.8 Å². The highest BCUT2D eigenvalue weighted by atomic mass is 16.6. The zero-order valence-corrected chi connectivity index (χ0v) is 18.2. The largest absolute Gasteiger partial charge is 0.497 e. The van der Waals surface area contributed by atoms with Crippen LogP contribution in [0.25, 0.3) is 0 Å². The predicted octanol–water partition coefficient (Wildman–Crippen LogP) is 3.74. The molecule has 0 radical (unpaired) electrons. The number of ether oxygens (including phenoxy) is 3. The lowest BCUT2D eigenvalue weighted by molar-refractivity contribution is -0.124. The summed E-state index contributed by atoms with van der Waals surface area (Å²) in [7, 11) is 3.23. The van der Waals surface area contributed by atoms with Crippen molar-refractivity contribution in [3.63, 3.8) is 0 Å². The van der Waals surface area contributed by atoms with Crippen molar-refractivity contribution in [1.29, 1.82) is 0 Å². The van der Waals surface area contributed by atoms with Gasteiger partial charge in [-0.05, 0) is 43.5 Å². The monoisotopic (exact) mass is 424 g/mol. The maximum Gasteiger partial charge on any atom is 0.409 e. The first kappa shape index (κ1) is 21.0. The molecule has 0 atom stereocenters. The summed E-state index contributed by atoms with van der Waals surface area (Å²) in [5.74, 6) is 1.47. The van der Waals surface area contributed by atoms with Crippen molar-refractivity contribution in [2.45, 2.75) is 31.7 Å². The van der Waals surface area contributed by atoms with E-state index >= 15 is 0 Å². The quantitative estimate of drug-likeness (QED) is 0.731. The molecule has 2 heterocycles. The zero-order chi connectivity index (χ0) is 22.0. The number of anilines is 1. The maximum atomic E-state index is 13.8. The van der Waals surface area contributed by atoms with Crippen molar-refractivity contribution in [3.05, 3.63) is 53.6 Å². The van der Waals surface area contributed by atoms with Crippen molar-refractivity contribution in [2.24, 2.45) is 0 Å². The van der Waals surface area contributed by atoms with Crippen molar-refractivity contribution in [2.75, 3.05) is 38.8 Å². The number of piperidine rings is 1. The summed E-state index contributed by atoms with van der Waals surface area (Å²) in [5.41, 5.74) is 2.26. The van der Waals surface area contributed by atoms with E-state index in [9.17, 15) is 9.59 Å². The Balaban J connectivity index is 1.63. The first-order valence-corrected chi connectivity index (χ1v) is 10.6. The molecule has 2 aliphatic rings. The minimum absolute atomic E-state index is 0.0788. The topological polar surface area (TPSA) is 68.3 Å². The van der Waals surface area contributed by atoms with E-state index in [1.165, 1.54) is 0 Å². The molecule has 0 bridgehead atoms. The summed E-state index contributed by atoms with van der Waals surface area (Å²) in [6.45, 7) is 3.55. The van der Waals surface area contributed by atoms with Crippen molar-refractivity contribution in [3.8, 4) is 11.5 Å². The molecule has 0 unspecified atom stereocenters. The first-order chi connectivity index (χ1) is 15.0. The van der Waals surface area contributed by atoms with E-state index in [0.29, 0.717) is 50.6 Å². The number of fused-ring (bicyclic) bond motifs is 2. The number of amides is 2. The second-order valence-electron chi connectivity index (χ2n) is 7.85. The SMILES string of the molecule is CCOC(=O)N1CCC2(CC1)C(=O)N(Cc1ccc(OC)cc1OC)c1ccccc12. The van der Waals surface area contributed by atoms with Crippen LogP contribution in [0.3, 0.4) is 0 Å². The second-order valence-corrected chi connectivity index (χ2v) is 7.85. The van der Waals surface area contributed by atoms with E-state index < -0.39 is 5.41 Å². The molecule has 0 N–H and O–H groups in total. The minimum atomic E-state index is -0.612. The lowest BCUT2D eigenvalue weighted by Gasteiger charge is -2.38. The molecule has 164 valence electrons. The molecule has 1 saturated heterocycles. The van der Waals surface area contributed by atoms with Crippen LogP contribution < -0.4 is 14.4 Å². The number of carbonyl (C=O) groups is 2. The van der Waals surface area contributed by atoms with Gasteiger partial charge in [0.15, 0.2) is 0 Å². The molecule has 1 spiro atoms. The summed E-state index contributed by atoms with van der Waals surface area (Å²) in [6, 6.07) is 13.6. The van der Waals surface area contributed by atoms with Crippen LogP contribution in [0.5, 0.6) is 11.5 Å². The van der Waals surface area contributed by atoms with Gasteiger partial charge in [-0.1, -0.05) is 18.2 Å². The Hall–Kier alpha value is -3.22. The van der Waals surface area contributed by atoms with Crippen LogP contribution in [0.1, 0.15) is 30.9 Å². The highest BCUT2D eigenvalue weighted by Crippen LogP contribution is 2.48. The van der Waals surface area contributed by atoms with Gasteiger partial charge in [-0.25, -0.2) is 4.79 Å². The number of hydrogen-bond donors (Lipinski definition) is 0. The Morgan fingerprint density at radius 3 is 2.48 bits per heavy atom. The van der Waals surface area contributed by atoms with E-state index in [-0.39, 0.29) is 12.0 Å². The molecule has 2 amide bonds. The molecule has 31 heavy (non-hydrogen) atoms. The number of benzene rings is 2. The van der Waals surface area contributed by atoms with Gasteiger partial charge >= 0.3 is 6.09 Å². The fraction of sp³-hybridized carbons (Fsp3) is 0.417. The summed E-state index contributed by atoms with van der Waals surface area (Å²) in [6.07, 6.45) is 0.853. The van der Waals surface area contributed by atoms with Crippen LogP contribution in [0.15, 0.2) is 42.5 Å². The summed E-state index contributed by atoms with van der Waals surface area (Å²) < 4.78 is 16.0. The standard InChI is InChI=1S/C24H28N2O5/c1-4-31-23(28)25-13-11-24(12-14-25)19-7-5-6-8-20(19)26(22(24)27)16-17-9-10-18(29-2)15-21(17)30-3/h5-10,15H,4,11-14,16H2,1-3H3. The highest BCUT2D eigenvalue weighted by molar-refractivity contribution is 6.08. The van der Waals surface area contributed by atoms with E-state index in [1.54, 1.807) is 26.0 Å². The van der Waals surface area contributed by atoms with Gasteiger partial charge in [-0.2, -0.15) is 0 Å². The molecule has 1 fully saturated rings. The molecular formula is C24H28N2O5. The summed E-state index contributed by atoms with van der Waals surface area (Å²) in [4.78, 5) is 29.5. The normalized spacial score (nSPS) is 16.9. The van der Waals surface area contributed by atoms with Gasteiger partial charge in [-0.3, -0.25) is 4.79 Å². The molecule has 4 rings (SSSR count). The third-order valence-corrected chi connectivity index (χ3v) is 6.33. The lowest BCUT2D eigenvalue weighted by atomic mass is 9.73. The number of rotatable bonds is 5. The Labute approximate surface area is 182 Å². The van der Waals surface area contributed by atoms with Gasteiger partial charge in [0.25, 0.3) is 0 Å². The highest BCUT2D eigenvalue weighted by Gasteiger charge is 2.52. The van der Waals surface area contributed by atoms with Crippen LogP contribution in [-0.2, 0) is 21.5 Å². The van der Waals surface area contributed by atoms with Crippen LogP contribution >= 0.6 is 0 Å². The van der Waals surface area contributed by atoms with E-state index in [4.69, 9.17) is 14.2 Å². The zero-order valence-electron chi connectivity index (χ0n) is 18.2. The van der Waals surface area contributed by atoms with Crippen LogP contribution in [-0.4, -0.2) is 50.8 Å². The number of nitrogens with zero attached hydrogens (tertiary/aromatic N) is 2. The number of para-hydroxylation sites is 1. The van der Waals surface area contributed by atoms with Gasteiger partial charge in [0, 0.05) is 30.4 Å². The molecule has 2 aliphatic heterocycles. The molecular weight excluding hydrogens is 396 g/mol. The molecule has 2 aromatic carbocycles. The molecule has 0 saturated carbocycles. The van der Waals surface area contributed by atoms with Crippen LogP contribution in [0.4, 0.5) is 10.5 Å². The number of hydrogen-bond acceptors (Lipinski definition) is 5. The van der Waals surface area contributed by atoms with Crippen molar-refractivity contribution < 1.29 is 23.8 Å². The number of methoxy groups -OCH3 is 2. The van der Waals surface area contributed by atoms with Gasteiger partial charge < -0.3 is 24.0 Å². The number of carbonyl (C=O) groups excluding carboxylic acids is 2. The van der Waals surface area contributed by atoms with Gasteiger partial charge in [0.2, 0.25) is 5.91 Å². The predicted molar refractivity (Wildman–Crippen MR) is 117 cm³/mol. The Bertz CT molecular complexity index is 982. The number of likely N-dealkylation sites (tertiary alicyclic amines) is 1. The van der Waals surface area contributed by atoms with E-state index in [1.807, 2.05) is 47.4 Å². The average Bonchev–Trinajstić information content (AvgIpc) is 3.03. The minimum Gasteiger partial charge on any atom is -0.497 e. The summed E-state index contributed by atoms with van der Waals surface area (Å²) >= 11 is 0. The molecule has 0 aromatic heterocycles. The molecule has 2 aromatic rings. The third-order valence-electron chi connectivity index (χ3n) is 6.33. The molecule has 7 nitrogen and oxygen atoms in total. The second kappa shape index (κ2) is 8.49. The molecule has 7 heteroatoms. The Morgan fingerprint density at radius 1 is 1.06 bits per heavy atom. The van der Waals surface area contributed by atoms with Gasteiger partial charge in [0.1, 0.15) is 11.5 Å².